The number of aryl methyl sites for hydroxylation is 1. The van der Waals surface area contributed by atoms with Crippen LogP contribution in [0.1, 0.15) is 30.6 Å². The molecule has 1 heterocycles. The maximum Gasteiger partial charge on any atom is 0.165 e. The number of benzene rings is 1. The van der Waals surface area contributed by atoms with Crippen molar-refractivity contribution >= 4 is 11.3 Å². The molecule has 2 atom stereocenters. The maximum absolute atomic E-state index is 13.8. The monoisotopic (exact) mass is 279 g/mol. The molecule has 0 saturated heterocycles. The van der Waals surface area contributed by atoms with Gasteiger partial charge in [0.15, 0.2) is 11.6 Å². The molecular weight excluding hydrogens is 261 g/mol. The van der Waals surface area contributed by atoms with Crippen molar-refractivity contribution in [1.29, 1.82) is 0 Å². The van der Waals surface area contributed by atoms with Crippen LogP contribution in [-0.4, -0.2) is 6.04 Å². The van der Waals surface area contributed by atoms with Crippen LogP contribution in [0.2, 0.25) is 0 Å². The van der Waals surface area contributed by atoms with E-state index in [9.17, 15) is 4.39 Å². The van der Waals surface area contributed by atoms with E-state index in [1.165, 1.54) is 6.07 Å². The normalized spacial score (nSPS) is 14.1. The Morgan fingerprint density at radius 1 is 1.37 bits per heavy atom. The fraction of sp³-hybridized carbons (Fsp3) is 0.333. The third-order valence-electron chi connectivity index (χ3n) is 3.07. The Labute approximate surface area is 117 Å². The molecule has 2 unspecified atom stereocenters. The molecule has 2 N–H and O–H groups in total. The van der Waals surface area contributed by atoms with Crippen LogP contribution < -0.4 is 10.5 Å². The number of ether oxygens (including phenoxy) is 1. The summed E-state index contributed by atoms with van der Waals surface area (Å²) in [6.45, 7) is 3.91. The Hall–Kier alpha value is -1.39. The van der Waals surface area contributed by atoms with Crippen molar-refractivity contribution in [3.8, 4) is 5.75 Å². The second-order valence-electron chi connectivity index (χ2n) is 4.60. The van der Waals surface area contributed by atoms with E-state index in [0.717, 1.165) is 17.5 Å². The molecule has 2 nitrogen and oxygen atoms in total. The smallest absolute Gasteiger partial charge is 0.165 e. The van der Waals surface area contributed by atoms with Crippen molar-refractivity contribution in [3.63, 3.8) is 0 Å². The standard InChI is InChI=1S/C15H18FNOS/c1-3-13(17)15(11-6-7-19-9-11)18-14-8-10(2)4-5-12(14)16/h4-9,13,15H,3,17H2,1-2H3. The minimum absolute atomic E-state index is 0.158. The lowest BCUT2D eigenvalue weighted by Crippen LogP contribution is -2.31. The Kier molecular flexibility index (Phi) is 4.56. The molecule has 1 aromatic heterocycles. The average molecular weight is 279 g/mol. The van der Waals surface area contributed by atoms with E-state index in [1.54, 1.807) is 23.5 Å². The second kappa shape index (κ2) is 6.17. The molecule has 0 aliphatic rings. The van der Waals surface area contributed by atoms with Crippen LogP contribution in [-0.2, 0) is 0 Å². The minimum atomic E-state index is -0.353. The van der Waals surface area contributed by atoms with Crippen LogP contribution in [0.3, 0.4) is 0 Å². The van der Waals surface area contributed by atoms with Crippen LogP contribution in [0.4, 0.5) is 4.39 Å². The van der Waals surface area contributed by atoms with Crippen LogP contribution in [0.5, 0.6) is 5.75 Å². The maximum atomic E-state index is 13.8. The highest BCUT2D eigenvalue weighted by atomic mass is 32.1. The van der Waals surface area contributed by atoms with E-state index in [4.69, 9.17) is 10.5 Å². The fourth-order valence-corrected chi connectivity index (χ4v) is 2.58. The third-order valence-corrected chi connectivity index (χ3v) is 3.77. The van der Waals surface area contributed by atoms with Crippen molar-refractivity contribution in [2.45, 2.75) is 32.4 Å². The van der Waals surface area contributed by atoms with Gasteiger partial charge in [-0.1, -0.05) is 13.0 Å². The predicted molar refractivity (Wildman–Crippen MR) is 77.1 cm³/mol. The lowest BCUT2D eigenvalue weighted by Gasteiger charge is -2.24. The molecule has 19 heavy (non-hydrogen) atoms. The molecule has 2 rings (SSSR count). The van der Waals surface area contributed by atoms with Crippen molar-refractivity contribution in [3.05, 3.63) is 52.0 Å². The summed E-state index contributed by atoms with van der Waals surface area (Å²) in [4.78, 5) is 0. The first-order chi connectivity index (χ1) is 9.11. The molecule has 0 fully saturated rings. The molecule has 0 aliphatic carbocycles. The first-order valence-corrected chi connectivity index (χ1v) is 7.26. The molecular formula is C15H18FNOS. The van der Waals surface area contributed by atoms with Gasteiger partial charge in [-0.15, -0.1) is 0 Å². The highest BCUT2D eigenvalue weighted by Crippen LogP contribution is 2.29. The molecule has 0 spiro atoms. The van der Waals surface area contributed by atoms with Crippen molar-refractivity contribution in [1.82, 2.24) is 0 Å². The second-order valence-corrected chi connectivity index (χ2v) is 5.38. The highest BCUT2D eigenvalue weighted by molar-refractivity contribution is 7.07. The molecule has 2 aromatic rings. The molecule has 0 saturated carbocycles. The van der Waals surface area contributed by atoms with Gasteiger partial charge >= 0.3 is 0 Å². The van der Waals surface area contributed by atoms with Gasteiger partial charge in [0.1, 0.15) is 6.10 Å². The lowest BCUT2D eigenvalue weighted by molar-refractivity contribution is 0.164. The van der Waals surface area contributed by atoms with Crippen LogP contribution in [0.25, 0.3) is 0 Å². The molecule has 0 bridgehead atoms. The summed E-state index contributed by atoms with van der Waals surface area (Å²) in [5.41, 5.74) is 8.07. The van der Waals surface area contributed by atoms with E-state index in [2.05, 4.69) is 0 Å². The van der Waals surface area contributed by atoms with Crippen molar-refractivity contribution in [2.24, 2.45) is 5.73 Å². The first-order valence-electron chi connectivity index (χ1n) is 6.32. The summed E-state index contributed by atoms with van der Waals surface area (Å²) in [5.74, 6) is -0.0887. The third kappa shape index (κ3) is 3.33. The topological polar surface area (TPSA) is 35.2 Å². The van der Waals surface area contributed by atoms with Gasteiger partial charge in [0.05, 0.1) is 0 Å². The molecule has 4 heteroatoms. The number of nitrogens with two attached hydrogens (primary N) is 1. The number of hydrogen-bond donors (Lipinski definition) is 1. The van der Waals surface area contributed by atoms with Crippen molar-refractivity contribution < 1.29 is 9.13 Å². The Balaban J connectivity index is 2.28. The van der Waals surface area contributed by atoms with E-state index in [1.807, 2.05) is 30.7 Å². The number of hydrogen-bond acceptors (Lipinski definition) is 3. The zero-order chi connectivity index (χ0) is 13.8. The zero-order valence-corrected chi connectivity index (χ0v) is 11.9. The lowest BCUT2D eigenvalue weighted by atomic mass is 10.0. The summed E-state index contributed by atoms with van der Waals surface area (Å²) in [7, 11) is 0. The van der Waals surface area contributed by atoms with E-state index < -0.39 is 0 Å². The van der Waals surface area contributed by atoms with Gasteiger partial charge in [-0.2, -0.15) is 11.3 Å². The van der Waals surface area contributed by atoms with E-state index in [0.29, 0.717) is 0 Å². The van der Waals surface area contributed by atoms with Crippen molar-refractivity contribution in [2.75, 3.05) is 0 Å². The average Bonchev–Trinajstić information content (AvgIpc) is 2.92. The quantitative estimate of drug-likeness (QED) is 0.896. The van der Waals surface area contributed by atoms with Gasteiger partial charge in [0.2, 0.25) is 0 Å². The molecule has 102 valence electrons. The summed E-state index contributed by atoms with van der Waals surface area (Å²) in [6, 6.07) is 6.67. The Morgan fingerprint density at radius 2 is 2.16 bits per heavy atom. The van der Waals surface area contributed by atoms with Crippen LogP contribution in [0.15, 0.2) is 35.0 Å². The van der Waals surface area contributed by atoms with E-state index >= 15 is 0 Å². The molecule has 1 aromatic carbocycles. The highest BCUT2D eigenvalue weighted by Gasteiger charge is 2.22. The van der Waals surface area contributed by atoms with Gasteiger partial charge in [-0.05, 0) is 47.9 Å². The number of rotatable bonds is 5. The Bertz CT molecular complexity index is 527. The van der Waals surface area contributed by atoms with Gasteiger partial charge in [-0.3, -0.25) is 0 Å². The van der Waals surface area contributed by atoms with Crippen LogP contribution >= 0.6 is 11.3 Å². The summed E-state index contributed by atoms with van der Waals surface area (Å²) in [5, 5.41) is 3.97. The Morgan fingerprint density at radius 3 is 2.79 bits per heavy atom. The van der Waals surface area contributed by atoms with Gasteiger partial charge in [0, 0.05) is 11.6 Å². The van der Waals surface area contributed by atoms with E-state index in [-0.39, 0.29) is 23.7 Å². The number of halogens is 1. The summed E-state index contributed by atoms with van der Waals surface area (Å²) >= 11 is 1.58. The largest absolute Gasteiger partial charge is 0.481 e. The van der Waals surface area contributed by atoms with Crippen LogP contribution in [0, 0.1) is 12.7 Å². The number of thiophene rings is 1. The van der Waals surface area contributed by atoms with Gasteiger partial charge < -0.3 is 10.5 Å². The predicted octanol–water partition coefficient (Wildman–Crippen LogP) is 4.05. The van der Waals surface area contributed by atoms with Gasteiger partial charge in [-0.25, -0.2) is 4.39 Å². The first kappa shape index (κ1) is 14.0. The summed E-state index contributed by atoms with van der Waals surface area (Å²) in [6.07, 6.45) is 0.459. The molecule has 0 radical (unpaired) electrons. The summed E-state index contributed by atoms with van der Waals surface area (Å²) < 4.78 is 19.6. The SMILES string of the molecule is CCC(N)C(Oc1cc(C)ccc1F)c1ccsc1. The minimum Gasteiger partial charge on any atom is -0.481 e. The fourth-order valence-electron chi connectivity index (χ4n) is 1.89. The van der Waals surface area contributed by atoms with Gasteiger partial charge in [0.25, 0.3) is 0 Å². The molecule has 0 amide bonds. The zero-order valence-electron chi connectivity index (χ0n) is 11.1. The molecule has 0 aliphatic heterocycles.